The summed E-state index contributed by atoms with van der Waals surface area (Å²) in [5.74, 6) is 0.631. The summed E-state index contributed by atoms with van der Waals surface area (Å²) in [4.78, 5) is 8.57. The van der Waals surface area contributed by atoms with Crippen molar-refractivity contribution >= 4 is 28.4 Å². The van der Waals surface area contributed by atoms with Crippen LogP contribution in [0.2, 0.25) is 0 Å². The second-order valence-electron chi connectivity index (χ2n) is 9.35. The van der Waals surface area contributed by atoms with E-state index in [0.717, 1.165) is 53.5 Å². The number of benzene rings is 1. The Bertz CT molecular complexity index is 1340. The van der Waals surface area contributed by atoms with Crippen LogP contribution < -0.4 is 16.4 Å². The lowest BCUT2D eigenvalue weighted by Gasteiger charge is -2.35. The van der Waals surface area contributed by atoms with Crippen LogP contribution in [0, 0.1) is 5.82 Å². The summed E-state index contributed by atoms with van der Waals surface area (Å²) in [6, 6.07) is 7.49. The molecule has 3 aromatic heterocycles. The van der Waals surface area contributed by atoms with Crippen LogP contribution in [0.4, 0.5) is 21.8 Å². The fraction of sp³-hybridized carbons (Fsp3) is 0.375. The number of anilines is 3. The second-order valence-corrected chi connectivity index (χ2v) is 9.35. The minimum Gasteiger partial charge on any atom is -0.383 e. The zero-order chi connectivity index (χ0) is 22.6. The van der Waals surface area contributed by atoms with E-state index < -0.39 is 0 Å². The van der Waals surface area contributed by atoms with Crippen molar-refractivity contribution in [2.24, 2.45) is 0 Å². The molecule has 0 atom stereocenters. The van der Waals surface area contributed by atoms with Crippen LogP contribution in [0.15, 0.2) is 41.3 Å². The van der Waals surface area contributed by atoms with E-state index in [2.05, 4.69) is 37.2 Å². The molecule has 3 heterocycles. The number of hydrogen-bond acceptors (Lipinski definition) is 7. The Hall–Kier alpha value is -3.62. The van der Waals surface area contributed by atoms with Crippen molar-refractivity contribution in [3.63, 3.8) is 0 Å². The molecule has 2 aliphatic carbocycles. The number of fused-ring (bicyclic) bond motifs is 1. The zero-order valence-corrected chi connectivity index (χ0v) is 18.4. The van der Waals surface area contributed by atoms with Gasteiger partial charge in [-0.15, -0.1) is 0 Å². The van der Waals surface area contributed by atoms with Gasteiger partial charge in [0.25, 0.3) is 0 Å². The van der Waals surface area contributed by atoms with Gasteiger partial charge < -0.3 is 25.5 Å². The van der Waals surface area contributed by atoms with Gasteiger partial charge in [-0.05, 0) is 43.4 Å². The van der Waals surface area contributed by atoms with E-state index >= 15 is 0 Å². The third-order valence-corrected chi connectivity index (χ3v) is 6.99. The van der Waals surface area contributed by atoms with Crippen LogP contribution in [0.5, 0.6) is 0 Å². The highest BCUT2D eigenvalue weighted by atomic mass is 19.1. The van der Waals surface area contributed by atoms with Gasteiger partial charge >= 0.3 is 0 Å². The molecule has 0 unspecified atom stereocenters. The molecule has 8 nitrogen and oxygen atoms in total. The maximum atomic E-state index is 15.0. The van der Waals surface area contributed by atoms with E-state index in [9.17, 15) is 4.39 Å². The zero-order valence-electron chi connectivity index (χ0n) is 18.4. The summed E-state index contributed by atoms with van der Waals surface area (Å²) in [5.41, 5.74) is 10.0. The fourth-order valence-electron chi connectivity index (χ4n) is 4.62. The molecule has 0 aliphatic heterocycles. The van der Waals surface area contributed by atoms with Crippen molar-refractivity contribution in [1.29, 1.82) is 0 Å². The average Bonchev–Trinajstić information content (AvgIpc) is 3.38. The minimum absolute atomic E-state index is 0.121. The van der Waals surface area contributed by atoms with E-state index in [4.69, 9.17) is 10.3 Å². The molecule has 4 N–H and O–H groups in total. The van der Waals surface area contributed by atoms with Crippen LogP contribution in [0.1, 0.15) is 50.8 Å². The minimum atomic E-state index is -0.350. The molecule has 170 valence electrons. The Balaban J connectivity index is 1.19. The average molecular weight is 448 g/mol. The molecule has 0 radical (unpaired) electrons. The van der Waals surface area contributed by atoms with E-state index in [1.807, 2.05) is 18.3 Å². The monoisotopic (exact) mass is 447 g/mol. The molecule has 0 amide bonds. The highest BCUT2D eigenvalue weighted by Gasteiger charge is 2.36. The standard InChI is InChI=1S/C24H26FN7O/c1-24(7-2-8-24)19-10-20(33-31-19)28-12-27-18-6-3-14(9-17(18)25)16-11-32(15-4-5-15)23-21(16)22(26)29-13-30-23/h3,6,9-11,13,15,27-28H,2,4-5,7-8,12H2,1H3,(H2,26,29,30). The lowest BCUT2D eigenvalue weighted by atomic mass is 9.68. The van der Waals surface area contributed by atoms with Gasteiger partial charge in [0.2, 0.25) is 5.88 Å². The Labute approximate surface area is 190 Å². The number of nitrogens with two attached hydrogens (primary N) is 1. The predicted molar refractivity (Wildman–Crippen MR) is 125 cm³/mol. The molecule has 4 aromatic rings. The lowest BCUT2D eigenvalue weighted by Crippen LogP contribution is -2.30. The predicted octanol–water partition coefficient (Wildman–Crippen LogP) is 5.07. The number of hydrogen-bond donors (Lipinski definition) is 3. The maximum Gasteiger partial charge on any atom is 0.226 e. The van der Waals surface area contributed by atoms with Gasteiger partial charge in [-0.2, -0.15) is 0 Å². The SMILES string of the molecule is CC1(c2cc(NCNc3ccc(-c4cn(C5CC5)c5ncnc(N)c45)cc3F)on2)CCC1. The summed E-state index contributed by atoms with van der Waals surface area (Å²) >= 11 is 0. The van der Waals surface area contributed by atoms with Crippen molar-refractivity contribution in [3.8, 4) is 11.1 Å². The molecular weight excluding hydrogens is 421 g/mol. The number of nitrogens with one attached hydrogen (secondary N) is 2. The fourth-order valence-corrected chi connectivity index (χ4v) is 4.62. The maximum absolute atomic E-state index is 15.0. The van der Waals surface area contributed by atoms with Crippen molar-refractivity contribution in [3.05, 3.63) is 48.3 Å². The van der Waals surface area contributed by atoms with Crippen LogP contribution in [0.3, 0.4) is 0 Å². The van der Waals surface area contributed by atoms with Gasteiger partial charge in [0.1, 0.15) is 23.6 Å². The van der Waals surface area contributed by atoms with Crippen LogP contribution >= 0.6 is 0 Å². The third kappa shape index (κ3) is 3.48. The molecule has 1 aromatic carbocycles. The molecule has 9 heteroatoms. The summed E-state index contributed by atoms with van der Waals surface area (Å²) in [6.07, 6.45) is 9.21. The van der Waals surface area contributed by atoms with Crippen molar-refractivity contribution < 1.29 is 8.91 Å². The summed E-state index contributed by atoms with van der Waals surface area (Å²) in [7, 11) is 0. The molecule has 0 saturated heterocycles. The molecule has 6 rings (SSSR count). The first-order valence-corrected chi connectivity index (χ1v) is 11.4. The summed E-state index contributed by atoms with van der Waals surface area (Å²) in [6.45, 7) is 2.51. The normalized spacial score (nSPS) is 17.2. The topological polar surface area (TPSA) is 107 Å². The van der Waals surface area contributed by atoms with Crippen LogP contribution in [-0.4, -0.2) is 26.4 Å². The van der Waals surface area contributed by atoms with Gasteiger partial charge in [0, 0.05) is 29.3 Å². The van der Waals surface area contributed by atoms with Crippen LogP contribution in [-0.2, 0) is 5.41 Å². The molecular formula is C24H26FN7O. The van der Waals surface area contributed by atoms with E-state index in [0.29, 0.717) is 30.1 Å². The number of rotatable bonds is 7. The van der Waals surface area contributed by atoms with Crippen molar-refractivity contribution in [2.45, 2.75) is 50.5 Å². The first kappa shape index (κ1) is 20.0. The lowest BCUT2D eigenvalue weighted by molar-refractivity contribution is 0.251. The first-order chi connectivity index (χ1) is 16.0. The molecule has 33 heavy (non-hydrogen) atoms. The van der Waals surface area contributed by atoms with Gasteiger partial charge in [0.15, 0.2) is 0 Å². The van der Waals surface area contributed by atoms with E-state index in [-0.39, 0.29) is 11.2 Å². The molecule has 2 aliphatic rings. The molecule has 2 saturated carbocycles. The molecule has 2 fully saturated rings. The van der Waals surface area contributed by atoms with Crippen molar-refractivity contribution in [2.75, 3.05) is 23.0 Å². The number of aromatic nitrogens is 4. The smallest absolute Gasteiger partial charge is 0.226 e. The Morgan fingerprint density at radius 3 is 2.79 bits per heavy atom. The number of nitrogens with zero attached hydrogens (tertiary/aromatic N) is 4. The second kappa shape index (κ2) is 7.47. The number of halogens is 1. The molecule has 0 spiro atoms. The van der Waals surface area contributed by atoms with Gasteiger partial charge in [0.05, 0.1) is 23.4 Å². The van der Waals surface area contributed by atoms with Crippen molar-refractivity contribution in [1.82, 2.24) is 19.7 Å². The summed E-state index contributed by atoms with van der Waals surface area (Å²) < 4.78 is 22.5. The highest BCUT2D eigenvalue weighted by molar-refractivity contribution is 6.00. The Kier molecular flexibility index (Phi) is 4.53. The van der Waals surface area contributed by atoms with E-state index in [1.54, 1.807) is 6.07 Å². The molecule has 0 bridgehead atoms. The third-order valence-electron chi connectivity index (χ3n) is 6.99. The van der Waals surface area contributed by atoms with E-state index in [1.165, 1.54) is 18.8 Å². The highest BCUT2D eigenvalue weighted by Crippen LogP contribution is 2.43. The van der Waals surface area contributed by atoms with Crippen LogP contribution in [0.25, 0.3) is 22.2 Å². The number of nitrogen functional groups attached to an aromatic ring is 1. The quantitative estimate of drug-likeness (QED) is 0.340. The van der Waals surface area contributed by atoms with Gasteiger partial charge in [-0.25, -0.2) is 14.4 Å². The van der Waals surface area contributed by atoms with Gasteiger partial charge in [-0.1, -0.05) is 24.6 Å². The Morgan fingerprint density at radius 1 is 1.21 bits per heavy atom. The Morgan fingerprint density at radius 2 is 2.06 bits per heavy atom. The largest absolute Gasteiger partial charge is 0.383 e. The first-order valence-electron chi connectivity index (χ1n) is 11.4. The van der Waals surface area contributed by atoms with Gasteiger partial charge in [-0.3, -0.25) is 0 Å². The summed E-state index contributed by atoms with van der Waals surface area (Å²) in [5, 5.41) is 11.1.